The van der Waals surface area contributed by atoms with Crippen LogP contribution in [0, 0.1) is 11.8 Å². The first kappa shape index (κ1) is 9.61. The molecule has 0 saturated heterocycles. The third-order valence-electron chi connectivity index (χ3n) is 3.93. The van der Waals surface area contributed by atoms with Crippen molar-refractivity contribution in [3.63, 3.8) is 0 Å². The summed E-state index contributed by atoms with van der Waals surface area (Å²) in [7, 11) is 0. The maximum atomic E-state index is 10.5. The molecule has 3 heteroatoms. The van der Waals surface area contributed by atoms with Crippen molar-refractivity contribution >= 4 is 11.6 Å². The van der Waals surface area contributed by atoms with Gasteiger partial charge in [0.05, 0.1) is 10.7 Å². The molecule has 0 radical (unpaired) electrons. The Labute approximate surface area is 94.3 Å². The van der Waals surface area contributed by atoms with E-state index in [0.717, 1.165) is 18.5 Å². The summed E-state index contributed by atoms with van der Waals surface area (Å²) in [5.41, 5.74) is 0.171. The lowest BCUT2D eigenvalue weighted by molar-refractivity contribution is 0.113. The molecule has 3 rings (SSSR count). The molecule has 15 heavy (non-hydrogen) atoms. The minimum atomic E-state index is -0.638. The molecule has 2 unspecified atom stereocenters. The van der Waals surface area contributed by atoms with Crippen LogP contribution in [0.1, 0.15) is 31.4 Å². The van der Waals surface area contributed by atoms with Gasteiger partial charge in [-0.05, 0) is 36.8 Å². The van der Waals surface area contributed by atoms with Crippen molar-refractivity contribution in [3.8, 4) is 0 Å². The van der Waals surface area contributed by atoms with Gasteiger partial charge in [-0.3, -0.25) is 4.98 Å². The van der Waals surface area contributed by atoms with Crippen molar-refractivity contribution in [2.75, 3.05) is 0 Å². The molecule has 1 aromatic rings. The van der Waals surface area contributed by atoms with Crippen LogP contribution in [0.25, 0.3) is 0 Å². The molecule has 2 saturated carbocycles. The van der Waals surface area contributed by atoms with Crippen molar-refractivity contribution in [3.05, 3.63) is 29.0 Å². The van der Waals surface area contributed by atoms with E-state index in [1.54, 1.807) is 6.20 Å². The van der Waals surface area contributed by atoms with Gasteiger partial charge in [0.15, 0.2) is 0 Å². The molecule has 0 spiro atoms. The third kappa shape index (κ3) is 1.31. The van der Waals surface area contributed by atoms with E-state index in [-0.39, 0.29) is 0 Å². The number of pyridine rings is 1. The average Bonchev–Trinajstić information content (AvgIpc) is 2.88. The Morgan fingerprint density at radius 3 is 2.47 bits per heavy atom. The van der Waals surface area contributed by atoms with E-state index in [0.29, 0.717) is 16.9 Å². The first-order valence-electron chi connectivity index (χ1n) is 5.57. The van der Waals surface area contributed by atoms with Gasteiger partial charge in [0.2, 0.25) is 0 Å². The minimum absolute atomic E-state index is 0.444. The van der Waals surface area contributed by atoms with E-state index in [1.165, 1.54) is 12.8 Å². The first-order chi connectivity index (χ1) is 7.23. The Morgan fingerprint density at radius 1 is 1.27 bits per heavy atom. The second kappa shape index (κ2) is 3.19. The van der Waals surface area contributed by atoms with Gasteiger partial charge in [-0.2, -0.15) is 0 Å². The van der Waals surface area contributed by atoms with E-state index in [4.69, 9.17) is 11.6 Å². The topological polar surface area (TPSA) is 33.1 Å². The van der Waals surface area contributed by atoms with Crippen LogP contribution in [0.4, 0.5) is 0 Å². The third-order valence-corrected chi connectivity index (χ3v) is 4.15. The highest BCUT2D eigenvalue weighted by atomic mass is 35.5. The largest absolute Gasteiger partial charge is 0.383 e. The standard InChI is InChI=1S/C12H14ClNO/c13-8-5-6-11(14-7-8)12(15)9-3-1-2-4-10(9)12/h5-7,9-10,15H,1-4H2. The minimum Gasteiger partial charge on any atom is -0.383 e. The van der Waals surface area contributed by atoms with Crippen LogP contribution in [0.15, 0.2) is 18.3 Å². The highest BCUT2D eigenvalue weighted by Gasteiger charge is 2.65. The van der Waals surface area contributed by atoms with Gasteiger partial charge in [0.25, 0.3) is 0 Å². The molecular formula is C12H14ClNO. The van der Waals surface area contributed by atoms with Gasteiger partial charge in [-0.15, -0.1) is 0 Å². The van der Waals surface area contributed by atoms with Crippen LogP contribution in [0.3, 0.4) is 0 Å². The Balaban J connectivity index is 1.91. The molecule has 2 nitrogen and oxygen atoms in total. The van der Waals surface area contributed by atoms with Crippen LogP contribution in [-0.2, 0) is 5.60 Å². The van der Waals surface area contributed by atoms with Gasteiger partial charge in [0.1, 0.15) is 5.60 Å². The Bertz CT molecular complexity index is 364. The number of aliphatic hydroxyl groups is 1. The van der Waals surface area contributed by atoms with Crippen molar-refractivity contribution in [2.45, 2.75) is 31.3 Å². The summed E-state index contributed by atoms with van der Waals surface area (Å²) in [5, 5.41) is 11.2. The Morgan fingerprint density at radius 2 is 1.93 bits per heavy atom. The monoisotopic (exact) mass is 223 g/mol. The first-order valence-corrected chi connectivity index (χ1v) is 5.95. The molecular weight excluding hydrogens is 210 g/mol. The highest BCUT2D eigenvalue weighted by molar-refractivity contribution is 6.30. The molecule has 2 aliphatic carbocycles. The SMILES string of the molecule is OC1(c2ccc(Cl)cn2)C2CCCCC21. The van der Waals surface area contributed by atoms with Crippen LogP contribution in [0.2, 0.25) is 5.02 Å². The molecule has 1 N–H and O–H groups in total. The molecule has 2 fully saturated rings. The van der Waals surface area contributed by atoms with Crippen molar-refractivity contribution in [1.29, 1.82) is 0 Å². The summed E-state index contributed by atoms with van der Waals surface area (Å²) in [6.07, 6.45) is 6.41. The summed E-state index contributed by atoms with van der Waals surface area (Å²) < 4.78 is 0. The molecule has 1 heterocycles. The molecule has 80 valence electrons. The van der Waals surface area contributed by atoms with Crippen molar-refractivity contribution < 1.29 is 5.11 Å². The fourth-order valence-corrected chi connectivity index (χ4v) is 3.20. The highest BCUT2D eigenvalue weighted by Crippen LogP contribution is 2.63. The van der Waals surface area contributed by atoms with Gasteiger partial charge in [-0.25, -0.2) is 0 Å². The quantitative estimate of drug-likeness (QED) is 0.794. The molecule has 0 amide bonds. The van der Waals surface area contributed by atoms with Crippen molar-refractivity contribution in [1.82, 2.24) is 4.98 Å². The van der Waals surface area contributed by atoms with Crippen LogP contribution in [-0.4, -0.2) is 10.1 Å². The Hall–Kier alpha value is -0.600. The normalized spacial score (nSPS) is 38.5. The molecule has 1 aromatic heterocycles. The second-order valence-electron chi connectivity index (χ2n) is 4.68. The zero-order chi connectivity index (χ0) is 10.5. The predicted octanol–water partition coefficient (Wildman–Crippen LogP) is 2.74. The molecule has 2 atom stereocenters. The predicted molar refractivity (Wildman–Crippen MR) is 58.6 cm³/mol. The number of hydrogen-bond donors (Lipinski definition) is 1. The second-order valence-corrected chi connectivity index (χ2v) is 5.12. The summed E-state index contributed by atoms with van der Waals surface area (Å²) in [4.78, 5) is 4.25. The van der Waals surface area contributed by atoms with E-state index in [1.807, 2.05) is 12.1 Å². The number of aromatic nitrogens is 1. The number of nitrogens with zero attached hydrogens (tertiary/aromatic N) is 1. The summed E-state index contributed by atoms with van der Waals surface area (Å²) in [6.45, 7) is 0. The summed E-state index contributed by atoms with van der Waals surface area (Å²) in [6, 6.07) is 3.67. The van der Waals surface area contributed by atoms with Crippen LogP contribution in [0.5, 0.6) is 0 Å². The van der Waals surface area contributed by atoms with Gasteiger partial charge in [0, 0.05) is 6.20 Å². The van der Waals surface area contributed by atoms with Gasteiger partial charge < -0.3 is 5.11 Å². The smallest absolute Gasteiger partial charge is 0.113 e. The molecule has 0 bridgehead atoms. The van der Waals surface area contributed by atoms with Crippen LogP contribution < -0.4 is 0 Å². The van der Waals surface area contributed by atoms with E-state index < -0.39 is 5.60 Å². The lowest BCUT2D eigenvalue weighted by Gasteiger charge is -2.09. The zero-order valence-corrected chi connectivity index (χ0v) is 9.24. The van der Waals surface area contributed by atoms with E-state index in [2.05, 4.69) is 4.98 Å². The fraction of sp³-hybridized carbons (Fsp3) is 0.583. The lowest BCUT2D eigenvalue weighted by atomic mass is 10.0. The number of halogens is 1. The number of fused-ring (bicyclic) bond motifs is 1. The zero-order valence-electron chi connectivity index (χ0n) is 8.49. The molecule has 2 aliphatic rings. The average molecular weight is 224 g/mol. The molecule has 0 aliphatic heterocycles. The van der Waals surface area contributed by atoms with Crippen molar-refractivity contribution in [2.24, 2.45) is 11.8 Å². The van der Waals surface area contributed by atoms with Gasteiger partial charge >= 0.3 is 0 Å². The Kier molecular flexibility index (Phi) is 2.05. The van der Waals surface area contributed by atoms with Gasteiger partial charge in [-0.1, -0.05) is 24.4 Å². The van der Waals surface area contributed by atoms with E-state index in [9.17, 15) is 5.11 Å². The number of hydrogen-bond acceptors (Lipinski definition) is 2. The summed E-state index contributed by atoms with van der Waals surface area (Å²) in [5.74, 6) is 0.889. The maximum Gasteiger partial charge on any atom is 0.113 e. The maximum absolute atomic E-state index is 10.5. The summed E-state index contributed by atoms with van der Waals surface area (Å²) >= 11 is 5.79. The number of rotatable bonds is 1. The fourth-order valence-electron chi connectivity index (χ4n) is 3.09. The molecule has 0 aromatic carbocycles. The lowest BCUT2D eigenvalue weighted by Crippen LogP contribution is -2.12. The van der Waals surface area contributed by atoms with E-state index >= 15 is 0 Å². The van der Waals surface area contributed by atoms with Crippen LogP contribution >= 0.6 is 11.6 Å².